The van der Waals surface area contributed by atoms with Gasteiger partial charge < -0.3 is 5.32 Å². The van der Waals surface area contributed by atoms with Crippen LogP contribution in [0.1, 0.15) is 13.8 Å². The highest BCUT2D eigenvalue weighted by Gasteiger charge is 1.78. The minimum Gasteiger partial charge on any atom is -0.392 e. The lowest BCUT2D eigenvalue weighted by Crippen LogP contribution is -2.00. The van der Waals surface area contributed by atoms with Gasteiger partial charge in [-0.25, -0.2) is 0 Å². The van der Waals surface area contributed by atoms with Gasteiger partial charge in [-0.15, -0.1) is 0 Å². The molecule has 0 saturated carbocycles. The normalized spacial score (nSPS) is 13.1. The topological polar surface area (TPSA) is 12.0 Å². The Hall–Kier alpha value is -0.980. The molecule has 0 spiro atoms. The first-order valence-electron chi connectivity index (χ1n) is 3.36. The van der Waals surface area contributed by atoms with Crippen LogP contribution in [0.5, 0.6) is 0 Å². The summed E-state index contributed by atoms with van der Waals surface area (Å²) in [5, 5.41) is 3.03. The summed E-state index contributed by atoms with van der Waals surface area (Å²) in [6.07, 6.45) is 5.88. The smallest absolute Gasteiger partial charge is 0.00725 e. The van der Waals surface area contributed by atoms with E-state index in [1.807, 2.05) is 39.1 Å². The van der Waals surface area contributed by atoms with Crippen molar-refractivity contribution < 1.29 is 0 Å². The van der Waals surface area contributed by atoms with E-state index in [9.17, 15) is 0 Å². The van der Waals surface area contributed by atoms with Crippen LogP contribution in [0.15, 0.2) is 36.1 Å². The maximum atomic E-state index is 3.65. The first-order chi connectivity index (χ1) is 4.70. The summed E-state index contributed by atoms with van der Waals surface area (Å²) in [6, 6.07) is 0. The lowest BCUT2D eigenvalue weighted by molar-refractivity contribution is 0.990. The lowest BCUT2D eigenvalue weighted by Gasteiger charge is -1.94. The van der Waals surface area contributed by atoms with Crippen molar-refractivity contribution in [2.24, 2.45) is 0 Å². The van der Waals surface area contributed by atoms with Crippen molar-refractivity contribution in [2.75, 3.05) is 7.05 Å². The Bertz CT molecular complexity index is 164. The second-order valence-electron chi connectivity index (χ2n) is 2.21. The minimum atomic E-state index is 1.15. The van der Waals surface area contributed by atoms with Gasteiger partial charge in [-0.3, -0.25) is 0 Å². The van der Waals surface area contributed by atoms with Crippen LogP contribution in [0.4, 0.5) is 0 Å². The monoisotopic (exact) mass is 137 g/mol. The minimum absolute atomic E-state index is 1.15. The average molecular weight is 137 g/mol. The summed E-state index contributed by atoms with van der Waals surface area (Å²) in [7, 11) is 1.91. The van der Waals surface area contributed by atoms with E-state index in [1.54, 1.807) is 0 Å². The summed E-state index contributed by atoms with van der Waals surface area (Å²) in [5.74, 6) is 0. The van der Waals surface area contributed by atoms with Crippen LogP contribution >= 0.6 is 0 Å². The SMILES string of the molecule is C=C/C(C)=C/C=C(\C)NC. The van der Waals surface area contributed by atoms with Crippen molar-refractivity contribution in [3.05, 3.63) is 36.1 Å². The summed E-state index contributed by atoms with van der Waals surface area (Å²) in [4.78, 5) is 0. The number of hydrogen-bond acceptors (Lipinski definition) is 1. The van der Waals surface area contributed by atoms with Crippen LogP contribution in [-0.4, -0.2) is 7.05 Å². The molecule has 0 rings (SSSR count). The Balaban J connectivity index is 4.03. The van der Waals surface area contributed by atoms with Gasteiger partial charge in [-0.2, -0.15) is 0 Å². The maximum absolute atomic E-state index is 3.65. The zero-order chi connectivity index (χ0) is 7.98. The van der Waals surface area contributed by atoms with E-state index in [0.717, 1.165) is 5.70 Å². The van der Waals surface area contributed by atoms with E-state index in [4.69, 9.17) is 0 Å². The van der Waals surface area contributed by atoms with Crippen LogP contribution in [0.25, 0.3) is 0 Å². The Morgan fingerprint density at radius 2 is 1.90 bits per heavy atom. The third kappa shape index (κ3) is 3.96. The van der Waals surface area contributed by atoms with Gasteiger partial charge in [-0.05, 0) is 19.9 Å². The van der Waals surface area contributed by atoms with E-state index in [-0.39, 0.29) is 0 Å². The fraction of sp³-hybridized carbons (Fsp3) is 0.333. The van der Waals surface area contributed by atoms with Crippen molar-refractivity contribution >= 4 is 0 Å². The van der Waals surface area contributed by atoms with Gasteiger partial charge in [0.2, 0.25) is 0 Å². The summed E-state index contributed by atoms with van der Waals surface area (Å²) in [5.41, 5.74) is 2.33. The predicted molar refractivity (Wildman–Crippen MR) is 46.8 cm³/mol. The van der Waals surface area contributed by atoms with Gasteiger partial charge in [0.05, 0.1) is 0 Å². The second-order valence-corrected chi connectivity index (χ2v) is 2.21. The molecule has 0 bridgehead atoms. The van der Waals surface area contributed by atoms with E-state index in [0.29, 0.717) is 0 Å². The zero-order valence-corrected chi connectivity index (χ0v) is 6.94. The molecular formula is C9H15N. The molecule has 0 radical (unpaired) electrons. The Labute approximate surface area is 63.1 Å². The molecule has 0 aromatic heterocycles. The van der Waals surface area contributed by atoms with Crippen molar-refractivity contribution in [3.63, 3.8) is 0 Å². The highest BCUT2D eigenvalue weighted by molar-refractivity contribution is 5.21. The van der Waals surface area contributed by atoms with E-state index in [2.05, 4.69) is 11.9 Å². The quantitative estimate of drug-likeness (QED) is 0.588. The Morgan fingerprint density at radius 1 is 1.30 bits per heavy atom. The Morgan fingerprint density at radius 3 is 2.30 bits per heavy atom. The summed E-state index contributed by atoms with van der Waals surface area (Å²) < 4.78 is 0. The van der Waals surface area contributed by atoms with Gasteiger partial charge in [0.25, 0.3) is 0 Å². The van der Waals surface area contributed by atoms with Crippen LogP contribution in [0, 0.1) is 0 Å². The fourth-order valence-electron chi connectivity index (χ4n) is 0.408. The number of nitrogens with one attached hydrogen (secondary N) is 1. The molecule has 0 fully saturated rings. The molecule has 56 valence electrons. The number of allylic oxidation sites excluding steroid dienone is 5. The average Bonchev–Trinajstić information content (AvgIpc) is 1.99. The highest BCUT2D eigenvalue weighted by atomic mass is 14.8. The van der Waals surface area contributed by atoms with Crippen molar-refractivity contribution in [3.8, 4) is 0 Å². The van der Waals surface area contributed by atoms with Gasteiger partial charge in [-0.1, -0.05) is 24.3 Å². The Kier molecular flexibility index (Phi) is 4.38. The lowest BCUT2D eigenvalue weighted by atomic mass is 10.2. The van der Waals surface area contributed by atoms with E-state index in [1.165, 1.54) is 5.57 Å². The first kappa shape index (κ1) is 9.02. The third-order valence-corrected chi connectivity index (χ3v) is 1.31. The molecular weight excluding hydrogens is 122 g/mol. The molecule has 0 aliphatic carbocycles. The second kappa shape index (κ2) is 4.86. The van der Waals surface area contributed by atoms with Gasteiger partial charge in [0.15, 0.2) is 0 Å². The molecule has 1 heteroatoms. The molecule has 0 aliphatic rings. The fourth-order valence-corrected chi connectivity index (χ4v) is 0.408. The third-order valence-electron chi connectivity index (χ3n) is 1.31. The molecule has 0 aromatic carbocycles. The van der Waals surface area contributed by atoms with Gasteiger partial charge in [0, 0.05) is 12.7 Å². The molecule has 1 nitrogen and oxygen atoms in total. The summed E-state index contributed by atoms with van der Waals surface area (Å²) >= 11 is 0. The van der Waals surface area contributed by atoms with Gasteiger partial charge >= 0.3 is 0 Å². The molecule has 0 atom stereocenters. The van der Waals surface area contributed by atoms with E-state index >= 15 is 0 Å². The summed E-state index contributed by atoms with van der Waals surface area (Å²) in [6.45, 7) is 7.69. The zero-order valence-electron chi connectivity index (χ0n) is 6.94. The molecule has 0 amide bonds. The van der Waals surface area contributed by atoms with Crippen LogP contribution in [-0.2, 0) is 0 Å². The molecule has 0 unspecified atom stereocenters. The molecule has 1 N–H and O–H groups in total. The number of hydrogen-bond donors (Lipinski definition) is 1. The predicted octanol–water partition coefficient (Wildman–Crippen LogP) is 2.24. The van der Waals surface area contributed by atoms with Crippen molar-refractivity contribution in [2.45, 2.75) is 13.8 Å². The standard InChI is InChI=1S/C9H15N/c1-5-8(2)6-7-9(3)10-4/h5-7,10H,1H2,2-4H3/b8-6+,9-7+. The van der Waals surface area contributed by atoms with Crippen LogP contribution < -0.4 is 5.32 Å². The molecule has 0 aliphatic heterocycles. The van der Waals surface area contributed by atoms with Crippen LogP contribution in [0.3, 0.4) is 0 Å². The number of rotatable bonds is 3. The molecule has 10 heavy (non-hydrogen) atoms. The molecule has 0 aromatic rings. The van der Waals surface area contributed by atoms with Gasteiger partial charge in [0.1, 0.15) is 0 Å². The largest absolute Gasteiger partial charge is 0.392 e. The maximum Gasteiger partial charge on any atom is 0.00725 e. The molecule has 0 heterocycles. The van der Waals surface area contributed by atoms with E-state index < -0.39 is 0 Å². The van der Waals surface area contributed by atoms with Crippen molar-refractivity contribution in [1.82, 2.24) is 5.32 Å². The first-order valence-corrected chi connectivity index (χ1v) is 3.36. The highest BCUT2D eigenvalue weighted by Crippen LogP contribution is 1.94. The van der Waals surface area contributed by atoms with Crippen LogP contribution in [0.2, 0.25) is 0 Å². The van der Waals surface area contributed by atoms with Crippen molar-refractivity contribution in [1.29, 1.82) is 0 Å². The molecule has 0 saturated heterocycles.